The SMILES string of the molecule is CCc1c(Br)oc2c(C(C)C)cccc12. The standard InChI is InChI=1S/C13H15BrO/c1-4-9-11-7-5-6-10(8(2)3)12(11)15-13(9)14/h5-8H,4H2,1-3H3. The van der Waals surface area contributed by atoms with Gasteiger partial charge in [-0.25, -0.2) is 0 Å². The Balaban J connectivity index is 2.77. The third-order valence-electron chi connectivity index (χ3n) is 2.78. The van der Waals surface area contributed by atoms with E-state index in [9.17, 15) is 0 Å². The fourth-order valence-electron chi connectivity index (χ4n) is 1.95. The van der Waals surface area contributed by atoms with Crippen molar-refractivity contribution in [2.75, 3.05) is 0 Å². The zero-order valence-electron chi connectivity index (χ0n) is 9.30. The van der Waals surface area contributed by atoms with Gasteiger partial charge in [0.15, 0.2) is 4.67 Å². The summed E-state index contributed by atoms with van der Waals surface area (Å²) < 4.78 is 6.68. The number of hydrogen-bond donors (Lipinski definition) is 0. The maximum atomic E-state index is 5.80. The van der Waals surface area contributed by atoms with E-state index in [1.165, 1.54) is 16.5 Å². The molecule has 2 heteroatoms. The molecule has 1 aromatic carbocycles. The lowest BCUT2D eigenvalue weighted by atomic mass is 10.00. The van der Waals surface area contributed by atoms with Crippen molar-refractivity contribution in [1.29, 1.82) is 0 Å². The summed E-state index contributed by atoms with van der Waals surface area (Å²) in [6.07, 6.45) is 0.995. The highest BCUT2D eigenvalue weighted by atomic mass is 79.9. The predicted octanol–water partition coefficient (Wildman–Crippen LogP) is 4.88. The molecule has 1 heterocycles. The first-order chi connectivity index (χ1) is 7.15. The van der Waals surface area contributed by atoms with Crippen LogP contribution >= 0.6 is 15.9 Å². The Hall–Kier alpha value is -0.760. The predicted molar refractivity (Wildman–Crippen MR) is 67.4 cm³/mol. The summed E-state index contributed by atoms with van der Waals surface area (Å²) in [6, 6.07) is 6.38. The maximum absolute atomic E-state index is 5.80. The second kappa shape index (κ2) is 4.01. The third kappa shape index (κ3) is 1.71. The zero-order valence-corrected chi connectivity index (χ0v) is 10.9. The second-order valence-corrected chi connectivity index (χ2v) is 4.81. The highest BCUT2D eigenvalue weighted by Gasteiger charge is 2.14. The molecule has 15 heavy (non-hydrogen) atoms. The van der Waals surface area contributed by atoms with Crippen molar-refractivity contribution in [1.82, 2.24) is 0 Å². The highest BCUT2D eigenvalue weighted by molar-refractivity contribution is 9.10. The van der Waals surface area contributed by atoms with Crippen LogP contribution in [0.3, 0.4) is 0 Å². The number of aryl methyl sites for hydroxylation is 1. The molecule has 0 saturated heterocycles. The Morgan fingerprint density at radius 2 is 2.07 bits per heavy atom. The minimum atomic E-state index is 0.497. The fourth-order valence-corrected chi connectivity index (χ4v) is 2.60. The van der Waals surface area contributed by atoms with Crippen molar-refractivity contribution in [3.63, 3.8) is 0 Å². The molecule has 1 aromatic heterocycles. The normalized spacial score (nSPS) is 11.5. The van der Waals surface area contributed by atoms with Crippen LogP contribution in [0, 0.1) is 0 Å². The maximum Gasteiger partial charge on any atom is 0.173 e. The summed E-state index contributed by atoms with van der Waals surface area (Å²) in [4.78, 5) is 0. The lowest BCUT2D eigenvalue weighted by Gasteiger charge is -2.04. The summed E-state index contributed by atoms with van der Waals surface area (Å²) in [7, 11) is 0. The Labute approximate surface area is 98.6 Å². The van der Waals surface area contributed by atoms with Gasteiger partial charge in [0.25, 0.3) is 0 Å². The average Bonchev–Trinajstić information content (AvgIpc) is 2.52. The first kappa shape index (κ1) is 10.7. The van der Waals surface area contributed by atoms with Crippen LogP contribution in [0.25, 0.3) is 11.0 Å². The van der Waals surface area contributed by atoms with Crippen molar-refractivity contribution < 1.29 is 4.42 Å². The molecule has 1 nitrogen and oxygen atoms in total. The van der Waals surface area contributed by atoms with E-state index in [4.69, 9.17) is 4.42 Å². The van der Waals surface area contributed by atoms with Crippen LogP contribution in [0.2, 0.25) is 0 Å². The molecule has 0 aliphatic rings. The molecule has 80 valence electrons. The fraction of sp³-hybridized carbons (Fsp3) is 0.385. The summed E-state index contributed by atoms with van der Waals surface area (Å²) in [5.41, 5.74) is 3.59. The molecule has 2 aromatic rings. The number of halogens is 1. The molecule has 0 unspecified atom stereocenters. The molecule has 0 atom stereocenters. The molecular formula is C13H15BrO. The van der Waals surface area contributed by atoms with Gasteiger partial charge in [-0.3, -0.25) is 0 Å². The second-order valence-electron chi connectivity index (χ2n) is 4.09. The Bertz CT molecular complexity index is 482. The van der Waals surface area contributed by atoms with E-state index in [1.54, 1.807) is 0 Å². The first-order valence-corrected chi connectivity index (χ1v) is 6.14. The number of fused-ring (bicyclic) bond motifs is 1. The van der Waals surface area contributed by atoms with Crippen LogP contribution in [0.4, 0.5) is 0 Å². The number of rotatable bonds is 2. The van der Waals surface area contributed by atoms with Gasteiger partial charge >= 0.3 is 0 Å². The number of para-hydroxylation sites is 1. The van der Waals surface area contributed by atoms with E-state index in [0.29, 0.717) is 5.92 Å². The van der Waals surface area contributed by atoms with Crippen LogP contribution in [0.1, 0.15) is 37.8 Å². The molecule has 0 aliphatic carbocycles. The highest BCUT2D eigenvalue weighted by Crippen LogP contribution is 2.34. The van der Waals surface area contributed by atoms with Crippen LogP contribution in [0.5, 0.6) is 0 Å². The number of hydrogen-bond acceptors (Lipinski definition) is 1. The van der Waals surface area contributed by atoms with E-state index in [-0.39, 0.29) is 0 Å². The summed E-state index contributed by atoms with van der Waals surface area (Å²) in [6.45, 7) is 6.53. The topological polar surface area (TPSA) is 13.1 Å². The minimum absolute atomic E-state index is 0.497. The Morgan fingerprint density at radius 1 is 1.33 bits per heavy atom. The monoisotopic (exact) mass is 266 g/mol. The van der Waals surface area contributed by atoms with Crippen LogP contribution < -0.4 is 0 Å². The minimum Gasteiger partial charge on any atom is -0.449 e. The van der Waals surface area contributed by atoms with Gasteiger partial charge in [0, 0.05) is 10.9 Å². The number of benzene rings is 1. The zero-order chi connectivity index (χ0) is 11.0. The van der Waals surface area contributed by atoms with E-state index >= 15 is 0 Å². The van der Waals surface area contributed by atoms with Gasteiger partial charge in [-0.05, 0) is 33.8 Å². The quantitative estimate of drug-likeness (QED) is 0.755. The first-order valence-electron chi connectivity index (χ1n) is 5.35. The van der Waals surface area contributed by atoms with Gasteiger partial charge in [0.05, 0.1) is 0 Å². The van der Waals surface area contributed by atoms with Crippen LogP contribution in [-0.2, 0) is 6.42 Å². The van der Waals surface area contributed by atoms with Gasteiger partial charge in [-0.1, -0.05) is 39.0 Å². The van der Waals surface area contributed by atoms with Crippen LogP contribution in [-0.4, -0.2) is 0 Å². The summed E-state index contributed by atoms with van der Waals surface area (Å²) in [5, 5.41) is 1.25. The molecule has 0 spiro atoms. The average molecular weight is 267 g/mol. The summed E-state index contributed by atoms with van der Waals surface area (Å²) in [5.74, 6) is 0.497. The van der Waals surface area contributed by atoms with Crippen molar-refractivity contribution >= 4 is 26.9 Å². The summed E-state index contributed by atoms with van der Waals surface area (Å²) >= 11 is 3.49. The molecule has 0 amide bonds. The van der Waals surface area contributed by atoms with E-state index in [0.717, 1.165) is 16.7 Å². The van der Waals surface area contributed by atoms with Gasteiger partial charge in [0.1, 0.15) is 5.58 Å². The third-order valence-corrected chi connectivity index (χ3v) is 3.42. The molecule has 0 bridgehead atoms. The van der Waals surface area contributed by atoms with Gasteiger partial charge in [0.2, 0.25) is 0 Å². The van der Waals surface area contributed by atoms with E-state index < -0.39 is 0 Å². The van der Waals surface area contributed by atoms with Crippen molar-refractivity contribution in [2.24, 2.45) is 0 Å². The van der Waals surface area contributed by atoms with Crippen molar-refractivity contribution in [2.45, 2.75) is 33.1 Å². The molecular weight excluding hydrogens is 252 g/mol. The van der Waals surface area contributed by atoms with Gasteiger partial charge in [-0.2, -0.15) is 0 Å². The smallest absolute Gasteiger partial charge is 0.173 e. The Morgan fingerprint density at radius 3 is 2.67 bits per heavy atom. The van der Waals surface area contributed by atoms with Crippen LogP contribution in [0.15, 0.2) is 27.3 Å². The van der Waals surface area contributed by atoms with Gasteiger partial charge < -0.3 is 4.42 Å². The largest absolute Gasteiger partial charge is 0.449 e. The molecule has 0 N–H and O–H groups in total. The molecule has 0 fully saturated rings. The lowest BCUT2D eigenvalue weighted by molar-refractivity contribution is 0.575. The lowest BCUT2D eigenvalue weighted by Crippen LogP contribution is -1.87. The van der Waals surface area contributed by atoms with E-state index in [2.05, 4.69) is 54.9 Å². The molecule has 0 aliphatic heterocycles. The van der Waals surface area contributed by atoms with Crippen molar-refractivity contribution in [3.05, 3.63) is 34.0 Å². The van der Waals surface area contributed by atoms with E-state index in [1.807, 2.05) is 0 Å². The van der Waals surface area contributed by atoms with Gasteiger partial charge in [-0.15, -0.1) is 0 Å². The molecule has 2 rings (SSSR count). The number of furan rings is 1. The molecule has 0 saturated carbocycles. The van der Waals surface area contributed by atoms with Crippen molar-refractivity contribution in [3.8, 4) is 0 Å². The Kier molecular flexibility index (Phi) is 2.87. The molecule has 0 radical (unpaired) electrons.